The second-order valence-corrected chi connectivity index (χ2v) is 7.67. The Morgan fingerprint density at radius 3 is 2.34 bits per heavy atom. The van der Waals surface area contributed by atoms with Crippen molar-refractivity contribution in [2.75, 3.05) is 38.2 Å². The van der Waals surface area contributed by atoms with Gasteiger partial charge >= 0.3 is 0 Å². The first-order valence-electron chi connectivity index (χ1n) is 10.5. The number of hydrogen-bond acceptors (Lipinski definition) is 5. The molecule has 0 saturated carbocycles. The fraction of sp³-hybridized carbons (Fsp3) is 0.292. The van der Waals surface area contributed by atoms with Gasteiger partial charge < -0.3 is 14.5 Å². The number of methoxy groups -OCH3 is 1. The Morgan fingerprint density at radius 1 is 1.00 bits per heavy atom. The molecule has 1 aliphatic heterocycles. The van der Waals surface area contributed by atoms with E-state index in [0.29, 0.717) is 37.6 Å². The smallest absolute Gasteiger partial charge is 0.267 e. The summed E-state index contributed by atoms with van der Waals surface area (Å²) in [4.78, 5) is 29.2. The number of ether oxygens (including phenoxy) is 1. The number of carbonyl (C=O) groups excluding carboxylic acids is 1. The zero-order valence-corrected chi connectivity index (χ0v) is 18.1. The predicted molar refractivity (Wildman–Crippen MR) is 120 cm³/mol. The van der Waals surface area contributed by atoms with Crippen molar-refractivity contribution in [3.05, 3.63) is 76.8 Å². The second-order valence-electron chi connectivity index (χ2n) is 7.67. The van der Waals surface area contributed by atoms with Gasteiger partial charge in [-0.25, -0.2) is 9.07 Å². The third kappa shape index (κ3) is 4.34. The summed E-state index contributed by atoms with van der Waals surface area (Å²) in [5, 5.41) is 4.44. The highest BCUT2D eigenvalue weighted by Gasteiger charge is 2.28. The zero-order chi connectivity index (χ0) is 22.7. The monoisotopic (exact) mass is 436 g/mol. The molecule has 1 fully saturated rings. The molecule has 1 amide bonds. The highest BCUT2D eigenvalue weighted by molar-refractivity contribution is 5.80. The first-order valence-corrected chi connectivity index (χ1v) is 10.5. The summed E-state index contributed by atoms with van der Waals surface area (Å²) in [6.45, 7) is 3.62. The fourth-order valence-corrected chi connectivity index (χ4v) is 3.86. The Labute approximate surface area is 185 Å². The van der Waals surface area contributed by atoms with E-state index in [4.69, 9.17) is 4.74 Å². The summed E-state index contributed by atoms with van der Waals surface area (Å²) >= 11 is 0. The van der Waals surface area contributed by atoms with Gasteiger partial charge in [-0.2, -0.15) is 5.10 Å². The summed E-state index contributed by atoms with van der Waals surface area (Å²) in [6, 6.07) is 16.3. The summed E-state index contributed by atoms with van der Waals surface area (Å²) in [5.41, 5.74) is 1.61. The van der Waals surface area contributed by atoms with Crippen LogP contribution in [0, 0.1) is 5.82 Å². The summed E-state index contributed by atoms with van der Waals surface area (Å²) < 4.78 is 20.5. The van der Waals surface area contributed by atoms with Crippen LogP contribution in [0.1, 0.15) is 13.0 Å². The Hall–Kier alpha value is -3.68. The van der Waals surface area contributed by atoms with E-state index in [1.165, 1.54) is 16.8 Å². The molecule has 8 heteroatoms. The van der Waals surface area contributed by atoms with Gasteiger partial charge in [-0.1, -0.05) is 12.1 Å². The van der Waals surface area contributed by atoms with Crippen molar-refractivity contribution < 1.29 is 13.9 Å². The molecule has 1 unspecified atom stereocenters. The topological polar surface area (TPSA) is 67.7 Å². The van der Waals surface area contributed by atoms with Crippen molar-refractivity contribution in [3.8, 4) is 17.0 Å². The van der Waals surface area contributed by atoms with Gasteiger partial charge in [-0.15, -0.1) is 0 Å². The van der Waals surface area contributed by atoms with Crippen LogP contribution in [0.5, 0.6) is 5.75 Å². The van der Waals surface area contributed by atoms with Gasteiger partial charge in [0.05, 0.1) is 18.5 Å². The molecule has 2 heterocycles. The lowest BCUT2D eigenvalue weighted by molar-refractivity contribution is -0.135. The van der Waals surface area contributed by atoms with E-state index in [0.717, 1.165) is 11.3 Å². The van der Waals surface area contributed by atoms with Crippen molar-refractivity contribution in [3.63, 3.8) is 0 Å². The van der Waals surface area contributed by atoms with Crippen LogP contribution < -0.4 is 15.2 Å². The van der Waals surface area contributed by atoms with Gasteiger partial charge in [0.1, 0.15) is 17.6 Å². The number of carbonyl (C=O) groups is 1. The number of amides is 1. The SMILES string of the molecule is COc1ccc(-c2ccc(=O)n(C(C)C(=O)N3CCN(c4ccccc4F)CC3)n2)cc1. The molecule has 3 aromatic rings. The summed E-state index contributed by atoms with van der Waals surface area (Å²) in [5.74, 6) is 0.270. The van der Waals surface area contributed by atoms with Crippen LogP contribution >= 0.6 is 0 Å². The molecule has 1 atom stereocenters. The van der Waals surface area contributed by atoms with Crippen LogP contribution in [0.4, 0.5) is 10.1 Å². The maximum Gasteiger partial charge on any atom is 0.267 e. The Balaban J connectivity index is 1.48. The largest absolute Gasteiger partial charge is 0.497 e. The van der Waals surface area contributed by atoms with E-state index in [9.17, 15) is 14.0 Å². The standard InChI is InChI=1S/C24H25FN4O3/c1-17(24(31)28-15-13-27(14-16-28)22-6-4-3-5-20(22)25)29-23(30)12-11-21(26-29)18-7-9-19(32-2)10-8-18/h3-12,17H,13-16H2,1-2H3. The average molecular weight is 436 g/mol. The van der Waals surface area contributed by atoms with Gasteiger partial charge in [0.2, 0.25) is 5.91 Å². The summed E-state index contributed by atoms with van der Waals surface area (Å²) in [7, 11) is 1.59. The van der Waals surface area contributed by atoms with Gasteiger partial charge in [0.25, 0.3) is 5.56 Å². The molecule has 2 aromatic carbocycles. The quantitative estimate of drug-likeness (QED) is 0.615. The molecule has 1 aliphatic rings. The van der Waals surface area contributed by atoms with Crippen LogP contribution in [0.15, 0.2) is 65.5 Å². The maximum atomic E-state index is 14.1. The Kier molecular flexibility index (Phi) is 6.20. The molecule has 166 valence electrons. The molecule has 0 spiro atoms. The number of aromatic nitrogens is 2. The maximum absolute atomic E-state index is 14.1. The average Bonchev–Trinajstić information content (AvgIpc) is 2.84. The van der Waals surface area contributed by atoms with E-state index in [1.807, 2.05) is 29.2 Å². The minimum Gasteiger partial charge on any atom is -0.497 e. The molecular formula is C24H25FN4O3. The van der Waals surface area contributed by atoms with E-state index >= 15 is 0 Å². The van der Waals surface area contributed by atoms with Crippen LogP contribution in [0.2, 0.25) is 0 Å². The molecule has 0 bridgehead atoms. The van der Waals surface area contributed by atoms with E-state index < -0.39 is 6.04 Å². The number of piperazine rings is 1. The Morgan fingerprint density at radius 2 is 1.69 bits per heavy atom. The van der Waals surface area contributed by atoms with Crippen molar-refractivity contribution >= 4 is 11.6 Å². The molecule has 32 heavy (non-hydrogen) atoms. The molecule has 0 aliphatic carbocycles. The van der Waals surface area contributed by atoms with Crippen LogP contribution in [0.25, 0.3) is 11.3 Å². The van der Waals surface area contributed by atoms with E-state index in [2.05, 4.69) is 5.10 Å². The van der Waals surface area contributed by atoms with Gasteiger partial charge in [-0.05, 0) is 49.4 Å². The molecule has 1 saturated heterocycles. The number of anilines is 1. The molecule has 1 aromatic heterocycles. The molecule has 4 rings (SSSR count). The number of halogens is 1. The second kappa shape index (κ2) is 9.21. The third-order valence-corrected chi connectivity index (χ3v) is 5.72. The van der Waals surface area contributed by atoms with Crippen molar-refractivity contribution in [2.45, 2.75) is 13.0 Å². The lowest BCUT2D eigenvalue weighted by Gasteiger charge is -2.37. The Bertz CT molecular complexity index is 1150. The minimum atomic E-state index is -0.749. The predicted octanol–water partition coefficient (Wildman–Crippen LogP) is 2.97. The normalized spacial score (nSPS) is 14.8. The molecule has 0 N–H and O–H groups in total. The first-order chi connectivity index (χ1) is 15.5. The highest BCUT2D eigenvalue weighted by atomic mass is 19.1. The number of benzene rings is 2. The van der Waals surface area contributed by atoms with Crippen molar-refractivity contribution in [2.24, 2.45) is 0 Å². The highest BCUT2D eigenvalue weighted by Crippen LogP contribution is 2.22. The number of nitrogens with zero attached hydrogens (tertiary/aromatic N) is 4. The fourth-order valence-electron chi connectivity index (χ4n) is 3.86. The number of rotatable bonds is 5. The zero-order valence-electron chi connectivity index (χ0n) is 18.1. The van der Waals surface area contributed by atoms with Gasteiger partial charge in [0.15, 0.2) is 0 Å². The van der Waals surface area contributed by atoms with Crippen LogP contribution in [0.3, 0.4) is 0 Å². The lowest BCUT2D eigenvalue weighted by atomic mass is 10.1. The van der Waals surface area contributed by atoms with Crippen molar-refractivity contribution in [1.82, 2.24) is 14.7 Å². The molecule has 7 nitrogen and oxygen atoms in total. The van der Waals surface area contributed by atoms with E-state index in [-0.39, 0.29) is 17.3 Å². The van der Waals surface area contributed by atoms with Crippen LogP contribution in [-0.2, 0) is 4.79 Å². The van der Waals surface area contributed by atoms with E-state index in [1.54, 1.807) is 43.2 Å². The van der Waals surface area contributed by atoms with Crippen molar-refractivity contribution in [1.29, 1.82) is 0 Å². The van der Waals surface area contributed by atoms with Gasteiger partial charge in [-0.3, -0.25) is 9.59 Å². The molecular weight excluding hydrogens is 411 g/mol. The van der Waals surface area contributed by atoms with Gasteiger partial charge in [0, 0.05) is 37.8 Å². The molecule has 0 radical (unpaired) electrons. The lowest BCUT2D eigenvalue weighted by Crippen LogP contribution is -2.51. The first kappa shape index (κ1) is 21.5. The number of para-hydroxylation sites is 1. The summed E-state index contributed by atoms with van der Waals surface area (Å²) in [6.07, 6.45) is 0. The minimum absolute atomic E-state index is 0.181. The third-order valence-electron chi connectivity index (χ3n) is 5.72. The van der Waals surface area contributed by atoms with Crippen LogP contribution in [-0.4, -0.2) is 53.9 Å². The number of hydrogen-bond donors (Lipinski definition) is 0.